The Morgan fingerprint density at radius 2 is 1.68 bits per heavy atom. The van der Waals surface area contributed by atoms with E-state index in [2.05, 4.69) is 36.6 Å². The number of fused-ring (bicyclic) bond motifs is 1. The molecule has 0 saturated carbocycles. The normalized spacial score (nSPS) is 11.1. The topological polar surface area (TPSA) is 61.4 Å². The Balaban J connectivity index is 1.63. The first-order valence-electron chi connectivity index (χ1n) is 9.05. The number of carbonyl (C=O) groups is 1. The van der Waals surface area contributed by atoms with Crippen LogP contribution >= 0.6 is 12.2 Å². The molecule has 0 spiro atoms. The smallest absolute Gasteiger partial charge is 0.250 e. The summed E-state index contributed by atoms with van der Waals surface area (Å²) in [5.74, 6) is 0.358. The van der Waals surface area contributed by atoms with Gasteiger partial charge in [0.25, 0.3) is 0 Å². The molecule has 3 N–H and O–H groups in total. The van der Waals surface area contributed by atoms with Crippen LogP contribution in [-0.4, -0.2) is 16.1 Å². The van der Waals surface area contributed by atoms with E-state index in [1.807, 2.05) is 36.4 Å². The lowest BCUT2D eigenvalue weighted by molar-refractivity contribution is -0.115. The van der Waals surface area contributed by atoms with E-state index in [-0.39, 0.29) is 16.8 Å². The minimum atomic E-state index is -0.312. The first-order valence-corrected chi connectivity index (χ1v) is 9.45. The van der Waals surface area contributed by atoms with Gasteiger partial charge in [-0.1, -0.05) is 62.4 Å². The highest BCUT2D eigenvalue weighted by atomic mass is 32.1. The Morgan fingerprint density at radius 3 is 2.39 bits per heavy atom. The van der Waals surface area contributed by atoms with E-state index in [4.69, 9.17) is 12.2 Å². The number of aromatic hydroxyl groups is 1. The molecule has 3 aromatic rings. The van der Waals surface area contributed by atoms with Crippen LogP contribution in [0.1, 0.15) is 30.9 Å². The number of carbonyl (C=O) groups excluding carboxylic acids is 1. The summed E-state index contributed by atoms with van der Waals surface area (Å²) in [4.78, 5) is 12.1. The van der Waals surface area contributed by atoms with E-state index in [0.29, 0.717) is 17.0 Å². The predicted octanol–water partition coefficient (Wildman–Crippen LogP) is 5.20. The standard InChI is InChI=1S/C23H22N2O2S/c1-15(2)17-12-9-16(10-13-17)11-14-22(27)25-23(28)24-20-7-3-6-19-18(20)5-4-8-21(19)26/h3-15,26H,1-2H3,(H2,24,25,27,28)/b14-11+. The fourth-order valence-corrected chi connectivity index (χ4v) is 3.08. The summed E-state index contributed by atoms with van der Waals surface area (Å²) in [5.41, 5.74) is 2.92. The minimum Gasteiger partial charge on any atom is -0.507 e. The molecule has 0 fully saturated rings. The SMILES string of the molecule is CC(C)c1ccc(/C=C/C(=O)NC(=S)Nc2cccc3c(O)cccc23)cc1. The second-order valence-corrected chi connectivity index (χ2v) is 7.18. The molecule has 0 atom stereocenters. The van der Waals surface area contributed by atoms with Gasteiger partial charge < -0.3 is 10.4 Å². The van der Waals surface area contributed by atoms with Crippen LogP contribution in [0.15, 0.2) is 66.7 Å². The van der Waals surface area contributed by atoms with Crippen molar-refractivity contribution in [1.82, 2.24) is 5.32 Å². The van der Waals surface area contributed by atoms with Crippen molar-refractivity contribution in [3.05, 3.63) is 77.9 Å². The van der Waals surface area contributed by atoms with Gasteiger partial charge in [0, 0.05) is 22.5 Å². The summed E-state index contributed by atoms with van der Waals surface area (Å²) in [6, 6.07) is 18.8. The summed E-state index contributed by atoms with van der Waals surface area (Å²) in [7, 11) is 0. The molecule has 4 nitrogen and oxygen atoms in total. The maximum atomic E-state index is 12.1. The van der Waals surface area contributed by atoms with Crippen LogP contribution in [0.2, 0.25) is 0 Å². The van der Waals surface area contributed by atoms with Gasteiger partial charge in [0.15, 0.2) is 5.11 Å². The Hall–Kier alpha value is -3.18. The van der Waals surface area contributed by atoms with E-state index >= 15 is 0 Å². The van der Waals surface area contributed by atoms with Crippen molar-refractivity contribution in [2.24, 2.45) is 0 Å². The highest BCUT2D eigenvalue weighted by Gasteiger charge is 2.07. The molecule has 1 amide bonds. The van der Waals surface area contributed by atoms with E-state index in [1.54, 1.807) is 18.2 Å². The molecule has 0 aliphatic carbocycles. The van der Waals surface area contributed by atoms with Gasteiger partial charge in [0.1, 0.15) is 5.75 Å². The zero-order valence-electron chi connectivity index (χ0n) is 15.8. The van der Waals surface area contributed by atoms with E-state index in [1.165, 1.54) is 11.6 Å². The Bertz CT molecular complexity index is 1040. The lowest BCUT2D eigenvalue weighted by Crippen LogP contribution is -2.32. The Morgan fingerprint density at radius 1 is 1.00 bits per heavy atom. The van der Waals surface area contributed by atoms with Gasteiger partial charge in [-0.15, -0.1) is 0 Å². The fourth-order valence-electron chi connectivity index (χ4n) is 2.87. The number of amides is 1. The zero-order valence-corrected chi connectivity index (χ0v) is 16.6. The number of phenols is 1. The summed E-state index contributed by atoms with van der Waals surface area (Å²) >= 11 is 5.25. The number of nitrogens with one attached hydrogen (secondary N) is 2. The van der Waals surface area contributed by atoms with Gasteiger partial charge in [0.05, 0.1) is 0 Å². The molecule has 0 heterocycles. The zero-order chi connectivity index (χ0) is 20.1. The largest absolute Gasteiger partial charge is 0.507 e. The van der Waals surface area contributed by atoms with Gasteiger partial charge in [-0.25, -0.2) is 0 Å². The lowest BCUT2D eigenvalue weighted by Gasteiger charge is -2.11. The van der Waals surface area contributed by atoms with E-state index in [9.17, 15) is 9.90 Å². The van der Waals surface area contributed by atoms with Crippen molar-refractivity contribution < 1.29 is 9.90 Å². The van der Waals surface area contributed by atoms with Crippen LogP contribution < -0.4 is 10.6 Å². The summed E-state index contributed by atoms with van der Waals surface area (Å²) < 4.78 is 0. The van der Waals surface area contributed by atoms with Crippen LogP contribution in [0.25, 0.3) is 16.8 Å². The molecule has 0 unspecified atom stereocenters. The van der Waals surface area contributed by atoms with Gasteiger partial charge in [-0.2, -0.15) is 0 Å². The highest BCUT2D eigenvalue weighted by molar-refractivity contribution is 7.80. The van der Waals surface area contributed by atoms with Gasteiger partial charge >= 0.3 is 0 Å². The number of hydrogen-bond donors (Lipinski definition) is 3. The summed E-state index contributed by atoms with van der Waals surface area (Å²) in [6.07, 6.45) is 3.20. The third-order valence-corrected chi connectivity index (χ3v) is 4.62. The molecular formula is C23H22N2O2S. The lowest BCUT2D eigenvalue weighted by atomic mass is 10.0. The average molecular weight is 391 g/mol. The van der Waals surface area contributed by atoms with Crippen LogP contribution in [0.3, 0.4) is 0 Å². The molecular weight excluding hydrogens is 368 g/mol. The first kappa shape index (κ1) is 19.6. The van der Waals surface area contributed by atoms with Crippen molar-refractivity contribution in [3.8, 4) is 5.75 Å². The molecule has 142 valence electrons. The molecule has 28 heavy (non-hydrogen) atoms. The van der Waals surface area contributed by atoms with Crippen LogP contribution in [0.4, 0.5) is 5.69 Å². The van der Waals surface area contributed by atoms with Gasteiger partial charge in [-0.05, 0) is 47.5 Å². The third-order valence-electron chi connectivity index (χ3n) is 4.41. The van der Waals surface area contributed by atoms with Crippen LogP contribution in [0, 0.1) is 0 Å². The molecule has 0 aliphatic rings. The molecule has 0 saturated heterocycles. The molecule has 3 rings (SSSR count). The summed E-state index contributed by atoms with van der Waals surface area (Å²) in [5, 5.41) is 17.3. The third kappa shape index (κ3) is 4.75. The Kier molecular flexibility index (Phi) is 6.06. The molecule has 0 radical (unpaired) electrons. The van der Waals surface area contributed by atoms with Crippen molar-refractivity contribution in [2.75, 3.05) is 5.32 Å². The monoisotopic (exact) mass is 390 g/mol. The van der Waals surface area contributed by atoms with Crippen LogP contribution in [-0.2, 0) is 4.79 Å². The van der Waals surface area contributed by atoms with Gasteiger partial charge in [-0.3, -0.25) is 10.1 Å². The molecule has 5 heteroatoms. The number of phenolic OH excluding ortho intramolecular Hbond substituents is 1. The Labute approximate surface area is 169 Å². The number of rotatable bonds is 4. The summed E-state index contributed by atoms with van der Waals surface area (Å²) in [6.45, 7) is 4.28. The second kappa shape index (κ2) is 8.67. The maximum Gasteiger partial charge on any atom is 0.250 e. The first-order chi connectivity index (χ1) is 13.4. The van der Waals surface area contributed by atoms with Gasteiger partial charge in [0.2, 0.25) is 5.91 Å². The quantitative estimate of drug-likeness (QED) is 0.423. The van der Waals surface area contributed by atoms with Crippen molar-refractivity contribution in [1.29, 1.82) is 0 Å². The fraction of sp³-hybridized carbons (Fsp3) is 0.130. The second-order valence-electron chi connectivity index (χ2n) is 6.78. The number of hydrogen-bond acceptors (Lipinski definition) is 3. The van der Waals surface area contributed by atoms with E-state index in [0.717, 1.165) is 10.9 Å². The highest BCUT2D eigenvalue weighted by Crippen LogP contribution is 2.29. The van der Waals surface area contributed by atoms with Crippen molar-refractivity contribution in [3.63, 3.8) is 0 Å². The molecule has 0 aliphatic heterocycles. The number of thiocarbonyl (C=S) groups is 1. The van der Waals surface area contributed by atoms with E-state index < -0.39 is 0 Å². The van der Waals surface area contributed by atoms with Crippen molar-refractivity contribution in [2.45, 2.75) is 19.8 Å². The molecule has 0 bridgehead atoms. The van der Waals surface area contributed by atoms with Crippen LogP contribution in [0.5, 0.6) is 5.75 Å². The number of anilines is 1. The predicted molar refractivity (Wildman–Crippen MR) is 120 cm³/mol. The minimum absolute atomic E-state index is 0.195. The average Bonchev–Trinajstić information content (AvgIpc) is 2.67. The van der Waals surface area contributed by atoms with Crippen molar-refractivity contribution >= 4 is 45.8 Å². The number of benzene rings is 3. The maximum absolute atomic E-state index is 12.1. The molecule has 0 aromatic heterocycles. The molecule has 3 aromatic carbocycles.